The highest BCUT2D eigenvalue weighted by molar-refractivity contribution is 5.68. The first-order chi connectivity index (χ1) is 12.8. The zero-order valence-corrected chi connectivity index (χ0v) is 16.3. The summed E-state index contributed by atoms with van der Waals surface area (Å²) < 4.78 is 25.1. The standard InChI is InChI=1S/C21H27FN2O3/c1-21(2,3)27-20(25)24-9-10-26-17-12-15(14-23-4)11-16(13-17)18-7-5-6-8-19(18)22/h5-8,11-13,23H,9-10,14H2,1-4H3,(H,24,25). The highest BCUT2D eigenvalue weighted by Crippen LogP contribution is 2.28. The molecule has 0 radical (unpaired) electrons. The lowest BCUT2D eigenvalue weighted by atomic mass is 10.0. The van der Waals surface area contributed by atoms with Crippen LogP contribution < -0.4 is 15.4 Å². The molecule has 2 aromatic rings. The lowest BCUT2D eigenvalue weighted by molar-refractivity contribution is 0.0520. The molecule has 0 aliphatic heterocycles. The van der Waals surface area contributed by atoms with Crippen LogP contribution in [-0.2, 0) is 11.3 Å². The molecule has 0 spiro atoms. The number of hydrogen-bond donors (Lipinski definition) is 2. The Labute approximate surface area is 159 Å². The van der Waals surface area contributed by atoms with E-state index in [1.165, 1.54) is 6.07 Å². The number of halogens is 1. The molecule has 0 unspecified atom stereocenters. The van der Waals surface area contributed by atoms with E-state index in [9.17, 15) is 9.18 Å². The Bertz CT molecular complexity index is 772. The number of hydrogen-bond acceptors (Lipinski definition) is 4. The highest BCUT2D eigenvalue weighted by Gasteiger charge is 2.15. The predicted molar refractivity (Wildman–Crippen MR) is 104 cm³/mol. The van der Waals surface area contributed by atoms with Gasteiger partial charge in [0, 0.05) is 12.1 Å². The van der Waals surface area contributed by atoms with E-state index >= 15 is 0 Å². The van der Waals surface area contributed by atoms with E-state index in [-0.39, 0.29) is 12.4 Å². The number of benzene rings is 2. The molecule has 0 atom stereocenters. The van der Waals surface area contributed by atoms with Gasteiger partial charge in [-0.15, -0.1) is 0 Å². The molecule has 6 heteroatoms. The molecule has 0 saturated heterocycles. The molecule has 0 bridgehead atoms. The summed E-state index contributed by atoms with van der Waals surface area (Å²) in [5, 5.41) is 5.73. The van der Waals surface area contributed by atoms with Gasteiger partial charge in [-0.1, -0.05) is 18.2 Å². The van der Waals surface area contributed by atoms with Crippen LogP contribution in [-0.4, -0.2) is 31.9 Å². The number of carbonyl (C=O) groups is 1. The minimum absolute atomic E-state index is 0.277. The quantitative estimate of drug-likeness (QED) is 0.716. The fraction of sp³-hybridized carbons (Fsp3) is 0.381. The van der Waals surface area contributed by atoms with E-state index in [1.807, 2.05) is 19.2 Å². The molecule has 0 aliphatic carbocycles. The Hall–Kier alpha value is -2.60. The minimum atomic E-state index is -0.541. The van der Waals surface area contributed by atoms with Gasteiger partial charge >= 0.3 is 6.09 Å². The van der Waals surface area contributed by atoms with Gasteiger partial charge in [0.05, 0.1) is 6.54 Å². The fourth-order valence-corrected chi connectivity index (χ4v) is 2.54. The lowest BCUT2D eigenvalue weighted by Gasteiger charge is -2.19. The predicted octanol–water partition coefficient (Wildman–Crippen LogP) is 4.12. The summed E-state index contributed by atoms with van der Waals surface area (Å²) in [4.78, 5) is 11.6. The summed E-state index contributed by atoms with van der Waals surface area (Å²) in [6.45, 7) is 6.63. The van der Waals surface area contributed by atoms with Crippen molar-refractivity contribution < 1.29 is 18.7 Å². The summed E-state index contributed by atoms with van der Waals surface area (Å²) in [5.41, 5.74) is 1.71. The molecule has 27 heavy (non-hydrogen) atoms. The largest absolute Gasteiger partial charge is 0.492 e. The number of amides is 1. The average molecular weight is 374 g/mol. The monoisotopic (exact) mass is 374 g/mol. The maximum atomic E-state index is 14.1. The molecule has 2 N–H and O–H groups in total. The molecule has 0 heterocycles. The van der Waals surface area contributed by atoms with Crippen LogP contribution in [0.1, 0.15) is 26.3 Å². The molecule has 2 aromatic carbocycles. The Balaban J connectivity index is 2.04. The molecule has 0 fully saturated rings. The second kappa shape index (κ2) is 9.37. The second-order valence-corrected chi connectivity index (χ2v) is 7.15. The van der Waals surface area contributed by atoms with Crippen molar-refractivity contribution in [3.63, 3.8) is 0 Å². The Morgan fingerprint density at radius 1 is 1.15 bits per heavy atom. The summed E-state index contributed by atoms with van der Waals surface area (Å²) in [7, 11) is 1.85. The van der Waals surface area contributed by atoms with Crippen LogP contribution in [0, 0.1) is 5.82 Å². The van der Waals surface area contributed by atoms with Crippen molar-refractivity contribution in [3.05, 3.63) is 53.8 Å². The molecular weight excluding hydrogens is 347 g/mol. The van der Waals surface area contributed by atoms with Crippen LogP contribution in [0.2, 0.25) is 0 Å². The van der Waals surface area contributed by atoms with E-state index in [0.29, 0.717) is 24.4 Å². The molecule has 146 valence electrons. The summed E-state index contributed by atoms with van der Waals surface area (Å²) in [6, 6.07) is 12.3. The molecular formula is C21H27FN2O3. The molecule has 0 aromatic heterocycles. The van der Waals surface area contributed by atoms with Crippen LogP contribution >= 0.6 is 0 Å². The van der Waals surface area contributed by atoms with Gasteiger partial charge in [0.1, 0.15) is 23.8 Å². The van der Waals surface area contributed by atoms with Crippen LogP contribution in [0.25, 0.3) is 11.1 Å². The third-order valence-corrected chi connectivity index (χ3v) is 3.57. The number of ether oxygens (including phenoxy) is 2. The molecule has 0 aliphatic rings. The highest BCUT2D eigenvalue weighted by atomic mass is 19.1. The number of nitrogens with one attached hydrogen (secondary N) is 2. The molecule has 1 amide bonds. The van der Waals surface area contributed by atoms with Gasteiger partial charge in [0.15, 0.2) is 0 Å². The van der Waals surface area contributed by atoms with E-state index < -0.39 is 11.7 Å². The van der Waals surface area contributed by atoms with Gasteiger partial charge in [-0.2, -0.15) is 0 Å². The van der Waals surface area contributed by atoms with Crippen molar-refractivity contribution in [1.29, 1.82) is 0 Å². The Kier molecular flexibility index (Phi) is 7.19. The maximum Gasteiger partial charge on any atom is 0.407 e. The van der Waals surface area contributed by atoms with Gasteiger partial charge < -0.3 is 20.1 Å². The first-order valence-corrected chi connectivity index (χ1v) is 8.91. The minimum Gasteiger partial charge on any atom is -0.492 e. The SMILES string of the molecule is CNCc1cc(OCCNC(=O)OC(C)(C)C)cc(-c2ccccc2F)c1. The smallest absolute Gasteiger partial charge is 0.407 e. The number of rotatable bonds is 7. The zero-order valence-electron chi connectivity index (χ0n) is 16.3. The summed E-state index contributed by atoms with van der Waals surface area (Å²) >= 11 is 0. The van der Waals surface area contributed by atoms with E-state index in [1.54, 1.807) is 45.0 Å². The van der Waals surface area contributed by atoms with Gasteiger partial charge in [-0.3, -0.25) is 0 Å². The third kappa shape index (κ3) is 6.90. The van der Waals surface area contributed by atoms with Gasteiger partial charge in [0.25, 0.3) is 0 Å². The van der Waals surface area contributed by atoms with Crippen molar-refractivity contribution in [1.82, 2.24) is 10.6 Å². The lowest BCUT2D eigenvalue weighted by Crippen LogP contribution is -2.34. The zero-order chi connectivity index (χ0) is 19.9. The first kappa shape index (κ1) is 20.7. The average Bonchev–Trinajstić information content (AvgIpc) is 2.58. The normalized spacial score (nSPS) is 11.1. The fourth-order valence-electron chi connectivity index (χ4n) is 2.54. The Morgan fingerprint density at radius 2 is 1.89 bits per heavy atom. The van der Waals surface area contributed by atoms with Gasteiger partial charge in [-0.25, -0.2) is 9.18 Å². The topological polar surface area (TPSA) is 59.6 Å². The summed E-state index contributed by atoms with van der Waals surface area (Å²) in [6.07, 6.45) is -0.484. The van der Waals surface area contributed by atoms with E-state index in [4.69, 9.17) is 9.47 Å². The van der Waals surface area contributed by atoms with Crippen molar-refractivity contribution >= 4 is 6.09 Å². The van der Waals surface area contributed by atoms with Gasteiger partial charge in [-0.05, 0) is 63.2 Å². The van der Waals surface area contributed by atoms with Crippen LogP contribution in [0.4, 0.5) is 9.18 Å². The third-order valence-electron chi connectivity index (χ3n) is 3.57. The first-order valence-electron chi connectivity index (χ1n) is 8.91. The maximum absolute atomic E-state index is 14.1. The Morgan fingerprint density at radius 3 is 2.56 bits per heavy atom. The van der Waals surface area contributed by atoms with Gasteiger partial charge in [0.2, 0.25) is 0 Å². The van der Waals surface area contributed by atoms with Crippen molar-refractivity contribution in [2.24, 2.45) is 0 Å². The van der Waals surface area contributed by atoms with E-state index in [0.717, 1.165) is 11.1 Å². The number of alkyl carbamates (subject to hydrolysis) is 1. The second-order valence-electron chi connectivity index (χ2n) is 7.15. The molecule has 5 nitrogen and oxygen atoms in total. The molecule has 2 rings (SSSR count). The summed E-state index contributed by atoms with van der Waals surface area (Å²) in [5.74, 6) is 0.337. The van der Waals surface area contributed by atoms with Crippen LogP contribution in [0.3, 0.4) is 0 Å². The van der Waals surface area contributed by atoms with Crippen molar-refractivity contribution in [3.8, 4) is 16.9 Å². The van der Waals surface area contributed by atoms with Crippen LogP contribution in [0.5, 0.6) is 5.75 Å². The molecule has 0 saturated carbocycles. The van der Waals surface area contributed by atoms with Crippen LogP contribution in [0.15, 0.2) is 42.5 Å². The number of carbonyl (C=O) groups excluding carboxylic acids is 1. The van der Waals surface area contributed by atoms with Crippen molar-refractivity contribution in [2.45, 2.75) is 32.9 Å². The van der Waals surface area contributed by atoms with Crippen molar-refractivity contribution in [2.75, 3.05) is 20.2 Å². The van der Waals surface area contributed by atoms with E-state index in [2.05, 4.69) is 10.6 Å².